The zero-order valence-corrected chi connectivity index (χ0v) is 11.1. The number of aromatic nitrogens is 1. The number of nitrogens with one attached hydrogen (secondary N) is 1. The third kappa shape index (κ3) is 3.98. The Morgan fingerprint density at radius 2 is 2.12 bits per heavy atom. The number of ether oxygens (including phenoxy) is 2. The molecule has 1 N–H and O–H groups in total. The topological polar surface area (TPSA) is 43.4 Å². The molecule has 1 heterocycles. The van der Waals surface area contributed by atoms with Crippen LogP contribution in [0.4, 0.5) is 0 Å². The molecule has 1 rings (SSSR count). The molecule has 96 valence electrons. The van der Waals surface area contributed by atoms with Gasteiger partial charge >= 0.3 is 0 Å². The molecule has 1 aromatic heterocycles. The van der Waals surface area contributed by atoms with Crippen LogP contribution >= 0.6 is 0 Å². The Hall–Kier alpha value is -1.13. The number of nitrogens with zero attached hydrogens (tertiary/aromatic N) is 1. The van der Waals surface area contributed by atoms with Crippen molar-refractivity contribution < 1.29 is 9.47 Å². The smallest absolute Gasteiger partial charge is 0.137 e. The molecule has 0 aliphatic heterocycles. The van der Waals surface area contributed by atoms with E-state index in [1.807, 2.05) is 19.2 Å². The van der Waals surface area contributed by atoms with Crippen LogP contribution in [0.25, 0.3) is 0 Å². The Labute approximate surface area is 103 Å². The number of hydrogen-bond donors (Lipinski definition) is 1. The predicted octanol–water partition coefficient (Wildman–Crippen LogP) is 2.17. The molecule has 0 fully saturated rings. The van der Waals surface area contributed by atoms with Gasteiger partial charge in [-0.15, -0.1) is 0 Å². The maximum atomic E-state index is 5.41. The van der Waals surface area contributed by atoms with Gasteiger partial charge in [-0.25, -0.2) is 0 Å². The van der Waals surface area contributed by atoms with Gasteiger partial charge in [0.15, 0.2) is 0 Å². The predicted molar refractivity (Wildman–Crippen MR) is 68.3 cm³/mol. The van der Waals surface area contributed by atoms with Crippen LogP contribution in [0.15, 0.2) is 18.5 Å². The molecule has 0 amide bonds. The largest absolute Gasteiger partial charge is 0.495 e. The van der Waals surface area contributed by atoms with E-state index < -0.39 is 0 Å². The van der Waals surface area contributed by atoms with Crippen molar-refractivity contribution >= 4 is 0 Å². The first-order valence-electron chi connectivity index (χ1n) is 5.98. The summed E-state index contributed by atoms with van der Waals surface area (Å²) in [7, 11) is 3.37. The van der Waals surface area contributed by atoms with E-state index in [-0.39, 0.29) is 12.1 Å². The van der Waals surface area contributed by atoms with E-state index in [9.17, 15) is 0 Å². The van der Waals surface area contributed by atoms with E-state index in [0.717, 1.165) is 24.3 Å². The highest BCUT2D eigenvalue weighted by atomic mass is 16.5. The van der Waals surface area contributed by atoms with Crippen molar-refractivity contribution in [1.82, 2.24) is 10.3 Å². The fourth-order valence-electron chi connectivity index (χ4n) is 1.71. The van der Waals surface area contributed by atoms with Crippen LogP contribution in [0.1, 0.15) is 31.9 Å². The zero-order valence-electron chi connectivity index (χ0n) is 11.1. The molecule has 0 aromatic carbocycles. The molecule has 4 heteroatoms. The molecule has 0 saturated heterocycles. The van der Waals surface area contributed by atoms with Crippen LogP contribution in [0.2, 0.25) is 0 Å². The van der Waals surface area contributed by atoms with Gasteiger partial charge in [0.1, 0.15) is 5.75 Å². The van der Waals surface area contributed by atoms with Gasteiger partial charge in [0.25, 0.3) is 0 Å². The molecule has 1 aromatic rings. The second kappa shape index (κ2) is 7.25. The Balaban J connectivity index is 2.86. The average molecular weight is 238 g/mol. The van der Waals surface area contributed by atoms with Gasteiger partial charge in [0.05, 0.1) is 25.5 Å². The Kier molecular flexibility index (Phi) is 5.94. The van der Waals surface area contributed by atoms with Crippen LogP contribution in [0.3, 0.4) is 0 Å². The van der Waals surface area contributed by atoms with Crippen molar-refractivity contribution in [2.24, 2.45) is 0 Å². The van der Waals surface area contributed by atoms with Gasteiger partial charge in [-0.2, -0.15) is 0 Å². The lowest BCUT2D eigenvalue weighted by atomic mass is 10.0. The summed E-state index contributed by atoms with van der Waals surface area (Å²) in [6.45, 7) is 5.15. The Bertz CT molecular complexity index is 331. The van der Waals surface area contributed by atoms with Crippen molar-refractivity contribution in [1.29, 1.82) is 0 Å². The van der Waals surface area contributed by atoms with E-state index in [2.05, 4.69) is 17.2 Å². The summed E-state index contributed by atoms with van der Waals surface area (Å²) in [5.74, 6) is 0.772. The molecule has 0 bridgehead atoms. The summed E-state index contributed by atoms with van der Waals surface area (Å²) >= 11 is 0. The van der Waals surface area contributed by atoms with Gasteiger partial charge < -0.3 is 14.8 Å². The van der Waals surface area contributed by atoms with Crippen molar-refractivity contribution in [2.75, 3.05) is 20.8 Å². The minimum atomic E-state index is 0.0930. The van der Waals surface area contributed by atoms with E-state index in [0.29, 0.717) is 0 Å². The van der Waals surface area contributed by atoms with E-state index in [1.165, 1.54) is 0 Å². The highest BCUT2D eigenvalue weighted by Crippen LogP contribution is 2.21. The van der Waals surface area contributed by atoms with E-state index in [4.69, 9.17) is 9.47 Å². The molecule has 4 nitrogen and oxygen atoms in total. The third-order valence-corrected chi connectivity index (χ3v) is 2.78. The zero-order chi connectivity index (χ0) is 12.7. The van der Waals surface area contributed by atoms with Gasteiger partial charge in [0.2, 0.25) is 0 Å². The molecule has 0 aliphatic rings. The summed E-state index contributed by atoms with van der Waals surface area (Å²) in [5.41, 5.74) is 1.09. The van der Waals surface area contributed by atoms with Gasteiger partial charge in [0, 0.05) is 13.3 Å². The third-order valence-electron chi connectivity index (χ3n) is 2.78. The SMILES string of the molecule is CCCNC(c1cncc(OC)c1)C(C)OC. The normalized spacial score (nSPS) is 14.4. The summed E-state index contributed by atoms with van der Waals surface area (Å²) in [6.07, 6.45) is 4.74. The molecular weight excluding hydrogens is 216 g/mol. The number of methoxy groups -OCH3 is 2. The molecule has 0 aliphatic carbocycles. The minimum Gasteiger partial charge on any atom is -0.495 e. The van der Waals surface area contributed by atoms with Gasteiger partial charge in [-0.05, 0) is 31.5 Å². The van der Waals surface area contributed by atoms with Crippen LogP contribution in [0, 0.1) is 0 Å². The molecule has 0 radical (unpaired) electrons. The lowest BCUT2D eigenvalue weighted by molar-refractivity contribution is 0.0828. The van der Waals surface area contributed by atoms with Crippen molar-refractivity contribution in [3.8, 4) is 5.75 Å². The van der Waals surface area contributed by atoms with Crippen molar-refractivity contribution in [3.63, 3.8) is 0 Å². The van der Waals surface area contributed by atoms with Gasteiger partial charge in [-0.3, -0.25) is 4.98 Å². The highest BCUT2D eigenvalue weighted by Gasteiger charge is 2.18. The Morgan fingerprint density at radius 1 is 1.35 bits per heavy atom. The van der Waals surface area contributed by atoms with Crippen molar-refractivity contribution in [3.05, 3.63) is 24.0 Å². The summed E-state index contributed by atoms with van der Waals surface area (Å²) in [6, 6.07) is 2.14. The highest BCUT2D eigenvalue weighted by molar-refractivity contribution is 5.26. The first-order valence-corrected chi connectivity index (χ1v) is 5.98. The molecule has 2 atom stereocenters. The summed E-state index contributed by atoms with van der Waals surface area (Å²) in [4.78, 5) is 4.18. The molecule has 0 saturated carbocycles. The molecule has 2 unspecified atom stereocenters. The summed E-state index contributed by atoms with van der Waals surface area (Å²) < 4.78 is 10.6. The fourth-order valence-corrected chi connectivity index (χ4v) is 1.71. The van der Waals surface area contributed by atoms with Crippen LogP contribution in [-0.4, -0.2) is 31.9 Å². The number of hydrogen-bond acceptors (Lipinski definition) is 4. The first kappa shape index (κ1) is 13.9. The maximum Gasteiger partial charge on any atom is 0.137 e. The van der Waals surface area contributed by atoms with E-state index in [1.54, 1.807) is 20.4 Å². The molecule has 17 heavy (non-hydrogen) atoms. The standard InChI is InChI=1S/C13H22N2O2/c1-5-6-15-13(10(2)16-3)11-7-12(17-4)9-14-8-11/h7-10,13,15H,5-6H2,1-4H3. The maximum absolute atomic E-state index is 5.41. The molecular formula is C13H22N2O2. The monoisotopic (exact) mass is 238 g/mol. The quantitative estimate of drug-likeness (QED) is 0.790. The van der Waals surface area contributed by atoms with Crippen LogP contribution in [0.5, 0.6) is 5.75 Å². The number of pyridine rings is 1. The van der Waals surface area contributed by atoms with Crippen LogP contribution in [-0.2, 0) is 4.74 Å². The van der Waals surface area contributed by atoms with Crippen LogP contribution < -0.4 is 10.1 Å². The first-order chi connectivity index (χ1) is 8.22. The summed E-state index contributed by atoms with van der Waals surface area (Å²) in [5, 5.41) is 3.47. The second-order valence-electron chi connectivity index (χ2n) is 4.03. The lowest BCUT2D eigenvalue weighted by Gasteiger charge is -2.24. The fraction of sp³-hybridized carbons (Fsp3) is 0.615. The average Bonchev–Trinajstić information content (AvgIpc) is 2.39. The molecule has 0 spiro atoms. The second-order valence-corrected chi connectivity index (χ2v) is 4.03. The van der Waals surface area contributed by atoms with E-state index >= 15 is 0 Å². The minimum absolute atomic E-state index is 0.0930. The van der Waals surface area contributed by atoms with Gasteiger partial charge in [-0.1, -0.05) is 6.92 Å². The lowest BCUT2D eigenvalue weighted by Crippen LogP contribution is -2.32. The van der Waals surface area contributed by atoms with Crippen molar-refractivity contribution in [2.45, 2.75) is 32.4 Å². The Morgan fingerprint density at radius 3 is 2.71 bits per heavy atom. The number of rotatable bonds is 7.